The Morgan fingerprint density at radius 2 is 1.77 bits per heavy atom. The van der Waals surface area contributed by atoms with Gasteiger partial charge in [-0.2, -0.15) is 0 Å². The Morgan fingerprint density at radius 1 is 1.23 bits per heavy atom. The second-order valence-corrected chi connectivity index (χ2v) is 3.93. The third-order valence-corrected chi connectivity index (χ3v) is 2.88. The number of piperidine rings is 1. The van der Waals surface area contributed by atoms with Crippen molar-refractivity contribution in [2.75, 3.05) is 0 Å². The summed E-state index contributed by atoms with van der Waals surface area (Å²) in [5, 5.41) is 2.35. The standard InChI is InChI=1S/C10H17NO2/c1-3-5-10(4-2)6-8(12)11-9(13)7-10/h3-7H2,1-2H3,(H,11,12,13). The third kappa shape index (κ3) is 2.29. The van der Waals surface area contributed by atoms with Gasteiger partial charge in [0.25, 0.3) is 0 Å². The van der Waals surface area contributed by atoms with Crippen LogP contribution in [0.5, 0.6) is 0 Å². The molecule has 0 bridgehead atoms. The first-order valence-electron chi connectivity index (χ1n) is 4.94. The van der Waals surface area contributed by atoms with E-state index < -0.39 is 0 Å². The van der Waals surface area contributed by atoms with Gasteiger partial charge in [0.05, 0.1) is 0 Å². The molecule has 1 N–H and O–H groups in total. The van der Waals surface area contributed by atoms with E-state index in [0.29, 0.717) is 12.8 Å². The van der Waals surface area contributed by atoms with E-state index >= 15 is 0 Å². The van der Waals surface area contributed by atoms with Gasteiger partial charge in [-0.25, -0.2) is 0 Å². The molecule has 1 heterocycles. The Morgan fingerprint density at radius 3 is 2.15 bits per heavy atom. The maximum absolute atomic E-state index is 11.2. The van der Waals surface area contributed by atoms with Gasteiger partial charge in [0, 0.05) is 12.8 Å². The molecule has 0 saturated carbocycles. The van der Waals surface area contributed by atoms with E-state index in [9.17, 15) is 9.59 Å². The largest absolute Gasteiger partial charge is 0.296 e. The van der Waals surface area contributed by atoms with Crippen LogP contribution in [-0.2, 0) is 9.59 Å². The molecule has 0 radical (unpaired) electrons. The van der Waals surface area contributed by atoms with Gasteiger partial charge >= 0.3 is 0 Å². The summed E-state index contributed by atoms with van der Waals surface area (Å²) in [6, 6.07) is 0. The molecule has 0 aromatic heterocycles. The van der Waals surface area contributed by atoms with Crippen LogP contribution < -0.4 is 5.32 Å². The topological polar surface area (TPSA) is 46.2 Å². The molecule has 1 rings (SSSR count). The van der Waals surface area contributed by atoms with E-state index in [1.54, 1.807) is 0 Å². The molecule has 0 aromatic carbocycles. The lowest BCUT2D eigenvalue weighted by Crippen LogP contribution is -2.44. The number of imide groups is 1. The van der Waals surface area contributed by atoms with Crippen molar-refractivity contribution in [2.45, 2.75) is 46.0 Å². The lowest BCUT2D eigenvalue weighted by Gasteiger charge is -2.34. The highest BCUT2D eigenvalue weighted by Gasteiger charge is 2.37. The van der Waals surface area contributed by atoms with Crippen LogP contribution in [0.3, 0.4) is 0 Å². The molecule has 0 aromatic rings. The highest BCUT2D eigenvalue weighted by atomic mass is 16.2. The summed E-state index contributed by atoms with van der Waals surface area (Å²) < 4.78 is 0. The van der Waals surface area contributed by atoms with Gasteiger partial charge < -0.3 is 0 Å². The molecule has 1 aliphatic rings. The highest BCUT2D eigenvalue weighted by molar-refractivity contribution is 5.98. The van der Waals surface area contributed by atoms with Crippen LogP contribution in [0.1, 0.15) is 46.0 Å². The number of amides is 2. The van der Waals surface area contributed by atoms with Crippen LogP contribution >= 0.6 is 0 Å². The summed E-state index contributed by atoms with van der Waals surface area (Å²) in [5.41, 5.74) is -0.0475. The summed E-state index contributed by atoms with van der Waals surface area (Å²) in [4.78, 5) is 22.4. The summed E-state index contributed by atoms with van der Waals surface area (Å²) in [6.07, 6.45) is 3.96. The second-order valence-electron chi connectivity index (χ2n) is 3.93. The molecular weight excluding hydrogens is 166 g/mol. The fourth-order valence-corrected chi connectivity index (χ4v) is 2.12. The zero-order valence-corrected chi connectivity index (χ0v) is 8.35. The first-order valence-corrected chi connectivity index (χ1v) is 4.94. The molecule has 13 heavy (non-hydrogen) atoms. The van der Waals surface area contributed by atoms with Crippen molar-refractivity contribution >= 4 is 11.8 Å². The highest BCUT2D eigenvalue weighted by Crippen LogP contribution is 2.37. The molecule has 0 aliphatic carbocycles. The average molecular weight is 183 g/mol. The van der Waals surface area contributed by atoms with E-state index in [-0.39, 0.29) is 17.2 Å². The first kappa shape index (κ1) is 10.2. The normalized spacial score (nSPS) is 21.4. The van der Waals surface area contributed by atoms with E-state index in [4.69, 9.17) is 0 Å². The van der Waals surface area contributed by atoms with Gasteiger partial charge in [-0.1, -0.05) is 20.3 Å². The monoisotopic (exact) mass is 183 g/mol. The third-order valence-electron chi connectivity index (χ3n) is 2.88. The van der Waals surface area contributed by atoms with E-state index in [2.05, 4.69) is 19.2 Å². The van der Waals surface area contributed by atoms with Crippen LogP contribution in [0, 0.1) is 5.41 Å². The van der Waals surface area contributed by atoms with Crippen molar-refractivity contribution in [1.82, 2.24) is 5.32 Å². The SMILES string of the molecule is CCCC1(CC)CC(=O)NC(=O)C1. The predicted octanol–water partition coefficient (Wildman–Crippen LogP) is 1.62. The van der Waals surface area contributed by atoms with Crippen molar-refractivity contribution in [3.05, 3.63) is 0 Å². The number of carbonyl (C=O) groups is 2. The van der Waals surface area contributed by atoms with Crippen molar-refractivity contribution < 1.29 is 9.59 Å². The molecule has 0 spiro atoms. The molecule has 3 heteroatoms. The summed E-state index contributed by atoms with van der Waals surface area (Å²) in [7, 11) is 0. The van der Waals surface area contributed by atoms with Crippen LogP contribution in [0.15, 0.2) is 0 Å². The molecule has 1 fully saturated rings. The molecule has 74 valence electrons. The smallest absolute Gasteiger partial charge is 0.227 e. The summed E-state index contributed by atoms with van der Waals surface area (Å²) in [6.45, 7) is 4.15. The van der Waals surface area contributed by atoms with E-state index in [1.807, 2.05) is 0 Å². The Labute approximate surface area is 78.9 Å². The maximum atomic E-state index is 11.2. The Kier molecular flexibility index (Phi) is 3.07. The Balaban J connectivity index is 2.73. The van der Waals surface area contributed by atoms with Crippen molar-refractivity contribution in [3.63, 3.8) is 0 Å². The summed E-state index contributed by atoms with van der Waals surface area (Å²) in [5.74, 6) is -0.210. The molecule has 0 atom stereocenters. The van der Waals surface area contributed by atoms with Crippen LogP contribution in [-0.4, -0.2) is 11.8 Å². The van der Waals surface area contributed by atoms with Gasteiger partial charge in [-0.05, 0) is 18.3 Å². The number of hydrogen-bond donors (Lipinski definition) is 1. The van der Waals surface area contributed by atoms with Gasteiger partial charge in [0.1, 0.15) is 0 Å². The van der Waals surface area contributed by atoms with Crippen molar-refractivity contribution in [2.24, 2.45) is 5.41 Å². The second kappa shape index (κ2) is 3.90. The fraction of sp³-hybridized carbons (Fsp3) is 0.800. The molecule has 2 amide bonds. The minimum absolute atomic E-state index is 0.0475. The quantitative estimate of drug-likeness (QED) is 0.676. The van der Waals surface area contributed by atoms with Crippen molar-refractivity contribution in [1.29, 1.82) is 0 Å². The first-order chi connectivity index (χ1) is 6.12. The Hall–Kier alpha value is -0.860. The molecule has 1 saturated heterocycles. The minimum Gasteiger partial charge on any atom is -0.296 e. The number of nitrogens with one attached hydrogen (secondary N) is 1. The predicted molar refractivity (Wildman–Crippen MR) is 50.0 cm³/mol. The molecule has 1 aliphatic heterocycles. The Bertz CT molecular complexity index is 207. The van der Waals surface area contributed by atoms with Crippen molar-refractivity contribution in [3.8, 4) is 0 Å². The van der Waals surface area contributed by atoms with Gasteiger partial charge in [0.15, 0.2) is 0 Å². The lowest BCUT2D eigenvalue weighted by molar-refractivity contribution is -0.138. The molecule has 0 unspecified atom stereocenters. The lowest BCUT2D eigenvalue weighted by atomic mass is 9.73. The number of carbonyl (C=O) groups excluding carboxylic acids is 2. The van der Waals surface area contributed by atoms with Gasteiger partial charge in [-0.3, -0.25) is 14.9 Å². The van der Waals surface area contributed by atoms with E-state index in [0.717, 1.165) is 19.3 Å². The fourth-order valence-electron chi connectivity index (χ4n) is 2.12. The van der Waals surface area contributed by atoms with Crippen LogP contribution in [0.25, 0.3) is 0 Å². The summed E-state index contributed by atoms with van der Waals surface area (Å²) >= 11 is 0. The zero-order chi connectivity index (χ0) is 9.90. The minimum atomic E-state index is -0.105. The number of hydrogen-bond acceptors (Lipinski definition) is 2. The van der Waals surface area contributed by atoms with Gasteiger partial charge in [-0.15, -0.1) is 0 Å². The average Bonchev–Trinajstić information content (AvgIpc) is 2.03. The number of rotatable bonds is 3. The van der Waals surface area contributed by atoms with E-state index in [1.165, 1.54) is 0 Å². The van der Waals surface area contributed by atoms with Crippen LogP contribution in [0.4, 0.5) is 0 Å². The van der Waals surface area contributed by atoms with Gasteiger partial charge in [0.2, 0.25) is 11.8 Å². The molecular formula is C10H17NO2. The van der Waals surface area contributed by atoms with Crippen LogP contribution in [0.2, 0.25) is 0 Å². The maximum Gasteiger partial charge on any atom is 0.227 e. The zero-order valence-electron chi connectivity index (χ0n) is 8.35. The molecule has 3 nitrogen and oxygen atoms in total.